The van der Waals surface area contributed by atoms with Crippen molar-refractivity contribution in [3.63, 3.8) is 0 Å². The normalized spacial score (nSPS) is 21.1. The number of rotatable bonds is 6. The molecular formula is C19H29ClN2O2. The second-order valence-electron chi connectivity index (χ2n) is 6.80. The molecule has 2 fully saturated rings. The molecule has 5 heteroatoms. The van der Waals surface area contributed by atoms with Gasteiger partial charge in [0.25, 0.3) is 0 Å². The second-order valence-corrected chi connectivity index (χ2v) is 6.80. The van der Waals surface area contributed by atoms with E-state index in [1.54, 1.807) is 0 Å². The predicted octanol–water partition coefficient (Wildman–Crippen LogP) is 3.58. The number of carbonyl (C=O) groups excluding carboxylic acids is 1. The van der Waals surface area contributed by atoms with Gasteiger partial charge >= 0.3 is 0 Å². The Bertz CT molecular complexity index is 495. The zero-order chi connectivity index (χ0) is 15.9. The maximum atomic E-state index is 11.9. The highest BCUT2D eigenvalue weighted by molar-refractivity contribution is 5.85. The summed E-state index contributed by atoms with van der Waals surface area (Å²) in [7, 11) is 0. The van der Waals surface area contributed by atoms with Gasteiger partial charge in [0, 0.05) is 19.0 Å². The van der Waals surface area contributed by atoms with Crippen LogP contribution in [0.25, 0.3) is 0 Å². The van der Waals surface area contributed by atoms with Gasteiger partial charge in [0.1, 0.15) is 5.75 Å². The topological polar surface area (TPSA) is 50.4 Å². The van der Waals surface area contributed by atoms with E-state index in [-0.39, 0.29) is 18.3 Å². The summed E-state index contributed by atoms with van der Waals surface area (Å²) in [5.41, 5.74) is 1.12. The van der Waals surface area contributed by atoms with E-state index in [1.807, 2.05) is 24.3 Å². The Balaban J connectivity index is 0.00000208. The van der Waals surface area contributed by atoms with Crippen molar-refractivity contribution < 1.29 is 9.53 Å². The lowest BCUT2D eigenvalue weighted by Gasteiger charge is -2.23. The first-order valence-corrected chi connectivity index (χ1v) is 9.05. The molecular weight excluding hydrogens is 324 g/mol. The van der Waals surface area contributed by atoms with Gasteiger partial charge in [-0.05, 0) is 62.8 Å². The standard InChI is InChI=1S/C19H28N2O2.ClH/c22-19(13-16-5-4-12-20-16)21-14-15-8-10-18(11-9-15)23-17-6-2-1-3-7-17;/h8-11,16-17,20H,1-7,12-14H2,(H,21,22);1H. The van der Waals surface area contributed by atoms with Crippen LogP contribution in [0.15, 0.2) is 24.3 Å². The summed E-state index contributed by atoms with van der Waals surface area (Å²) in [5.74, 6) is 1.08. The molecule has 0 bridgehead atoms. The van der Waals surface area contributed by atoms with Crippen molar-refractivity contribution in [3.05, 3.63) is 29.8 Å². The van der Waals surface area contributed by atoms with Gasteiger partial charge in [-0.3, -0.25) is 4.79 Å². The molecule has 1 aromatic carbocycles. The van der Waals surface area contributed by atoms with Crippen molar-refractivity contribution in [3.8, 4) is 5.75 Å². The van der Waals surface area contributed by atoms with Crippen LogP contribution in [0, 0.1) is 0 Å². The molecule has 1 heterocycles. The first-order chi connectivity index (χ1) is 11.3. The van der Waals surface area contributed by atoms with Gasteiger partial charge in [-0.15, -0.1) is 12.4 Å². The van der Waals surface area contributed by atoms with Crippen molar-refractivity contribution in [1.82, 2.24) is 10.6 Å². The minimum absolute atomic E-state index is 0. The molecule has 1 unspecified atom stereocenters. The van der Waals surface area contributed by atoms with Crippen molar-refractivity contribution in [1.29, 1.82) is 0 Å². The summed E-state index contributed by atoms with van der Waals surface area (Å²) in [6, 6.07) is 8.50. The molecule has 24 heavy (non-hydrogen) atoms. The highest BCUT2D eigenvalue weighted by atomic mass is 35.5. The lowest BCUT2D eigenvalue weighted by Crippen LogP contribution is -2.31. The highest BCUT2D eigenvalue weighted by Crippen LogP contribution is 2.23. The first-order valence-electron chi connectivity index (χ1n) is 9.05. The first kappa shape index (κ1) is 19.1. The minimum atomic E-state index is 0. The Morgan fingerprint density at radius 1 is 1.08 bits per heavy atom. The summed E-state index contributed by atoms with van der Waals surface area (Å²) < 4.78 is 6.03. The Morgan fingerprint density at radius 3 is 2.50 bits per heavy atom. The SMILES string of the molecule is Cl.O=C(CC1CCCN1)NCc1ccc(OC2CCCCC2)cc1. The number of hydrogen-bond acceptors (Lipinski definition) is 3. The predicted molar refractivity (Wildman–Crippen MR) is 98.7 cm³/mol. The minimum Gasteiger partial charge on any atom is -0.490 e. The average Bonchev–Trinajstić information content (AvgIpc) is 3.08. The van der Waals surface area contributed by atoms with Crippen LogP contribution in [0.4, 0.5) is 0 Å². The maximum absolute atomic E-state index is 11.9. The molecule has 0 spiro atoms. The number of amides is 1. The van der Waals surface area contributed by atoms with E-state index >= 15 is 0 Å². The molecule has 1 aliphatic heterocycles. The fourth-order valence-electron chi connectivity index (χ4n) is 3.49. The zero-order valence-corrected chi connectivity index (χ0v) is 15.1. The third-order valence-electron chi connectivity index (χ3n) is 4.86. The average molecular weight is 353 g/mol. The molecule has 1 aromatic rings. The fourth-order valence-corrected chi connectivity index (χ4v) is 3.49. The molecule has 0 radical (unpaired) electrons. The lowest BCUT2D eigenvalue weighted by atomic mass is 9.98. The van der Waals surface area contributed by atoms with Crippen LogP contribution in [0.2, 0.25) is 0 Å². The fraction of sp³-hybridized carbons (Fsp3) is 0.632. The number of benzene rings is 1. The third-order valence-corrected chi connectivity index (χ3v) is 4.86. The number of nitrogens with one attached hydrogen (secondary N) is 2. The highest BCUT2D eigenvalue weighted by Gasteiger charge is 2.17. The molecule has 1 amide bonds. The van der Waals surface area contributed by atoms with Crippen LogP contribution < -0.4 is 15.4 Å². The Kier molecular flexibility index (Phi) is 7.86. The van der Waals surface area contributed by atoms with E-state index in [0.717, 1.165) is 24.3 Å². The van der Waals surface area contributed by atoms with Crippen LogP contribution in [-0.2, 0) is 11.3 Å². The Morgan fingerprint density at radius 2 is 1.83 bits per heavy atom. The molecule has 4 nitrogen and oxygen atoms in total. The van der Waals surface area contributed by atoms with E-state index in [9.17, 15) is 4.79 Å². The quantitative estimate of drug-likeness (QED) is 0.822. The number of halogens is 1. The number of ether oxygens (including phenoxy) is 1. The van der Waals surface area contributed by atoms with Crippen LogP contribution in [0.1, 0.15) is 56.9 Å². The Labute approximate surface area is 151 Å². The molecule has 3 rings (SSSR count). The largest absolute Gasteiger partial charge is 0.490 e. The Hall–Kier alpha value is -1.26. The molecule has 2 N–H and O–H groups in total. The molecule has 1 aliphatic carbocycles. The van der Waals surface area contributed by atoms with Crippen LogP contribution in [0.3, 0.4) is 0 Å². The van der Waals surface area contributed by atoms with Crippen molar-refractivity contribution >= 4 is 18.3 Å². The van der Waals surface area contributed by atoms with E-state index in [2.05, 4.69) is 10.6 Å². The smallest absolute Gasteiger partial charge is 0.221 e. The summed E-state index contributed by atoms with van der Waals surface area (Å²) >= 11 is 0. The third kappa shape index (κ3) is 5.99. The second kappa shape index (κ2) is 9.90. The van der Waals surface area contributed by atoms with Gasteiger partial charge in [0.15, 0.2) is 0 Å². The monoisotopic (exact) mass is 352 g/mol. The van der Waals surface area contributed by atoms with Crippen molar-refractivity contribution in [2.24, 2.45) is 0 Å². The van der Waals surface area contributed by atoms with E-state index in [1.165, 1.54) is 38.5 Å². The number of carbonyl (C=O) groups is 1. The summed E-state index contributed by atoms with van der Waals surface area (Å²) in [6.07, 6.45) is 9.52. The molecule has 1 atom stereocenters. The van der Waals surface area contributed by atoms with E-state index in [0.29, 0.717) is 25.1 Å². The van der Waals surface area contributed by atoms with Crippen LogP contribution in [0.5, 0.6) is 5.75 Å². The van der Waals surface area contributed by atoms with Gasteiger partial charge < -0.3 is 15.4 Å². The maximum Gasteiger partial charge on any atom is 0.221 e. The zero-order valence-electron chi connectivity index (χ0n) is 14.3. The van der Waals surface area contributed by atoms with Gasteiger partial charge in [0.05, 0.1) is 6.10 Å². The summed E-state index contributed by atoms with van der Waals surface area (Å²) in [5, 5.41) is 6.36. The molecule has 2 aliphatic rings. The van der Waals surface area contributed by atoms with Crippen molar-refractivity contribution in [2.75, 3.05) is 6.54 Å². The number of hydrogen-bond donors (Lipinski definition) is 2. The van der Waals surface area contributed by atoms with Crippen LogP contribution in [-0.4, -0.2) is 24.6 Å². The van der Waals surface area contributed by atoms with E-state index < -0.39 is 0 Å². The molecule has 0 aromatic heterocycles. The van der Waals surface area contributed by atoms with E-state index in [4.69, 9.17) is 4.74 Å². The van der Waals surface area contributed by atoms with Gasteiger partial charge in [-0.2, -0.15) is 0 Å². The molecule has 1 saturated carbocycles. The van der Waals surface area contributed by atoms with Crippen LogP contribution >= 0.6 is 12.4 Å². The van der Waals surface area contributed by atoms with Gasteiger partial charge in [-0.25, -0.2) is 0 Å². The van der Waals surface area contributed by atoms with Gasteiger partial charge in [-0.1, -0.05) is 18.6 Å². The van der Waals surface area contributed by atoms with Gasteiger partial charge in [0.2, 0.25) is 5.91 Å². The van der Waals surface area contributed by atoms with Crippen molar-refractivity contribution in [2.45, 2.75) is 70.1 Å². The molecule has 1 saturated heterocycles. The molecule has 134 valence electrons. The summed E-state index contributed by atoms with van der Waals surface area (Å²) in [4.78, 5) is 11.9. The summed E-state index contributed by atoms with van der Waals surface area (Å²) in [6.45, 7) is 1.63. The lowest BCUT2D eigenvalue weighted by molar-refractivity contribution is -0.121.